The summed E-state index contributed by atoms with van der Waals surface area (Å²) in [4.78, 5) is 26.8. The average Bonchev–Trinajstić information content (AvgIpc) is 3.27. The second-order valence-corrected chi connectivity index (χ2v) is 12.0. The van der Waals surface area contributed by atoms with Crippen LogP contribution in [-0.4, -0.2) is 37.3 Å². The lowest BCUT2D eigenvalue weighted by molar-refractivity contribution is 0.0600. The Labute approximate surface area is 238 Å². The van der Waals surface area contributed by atoms with E-state index in [4.69, 9.17) is 26.4 Å². The first-order chi connectivity index (χ1) is 18.7. The molecule has 1 aliphatic rings. The highest BCUT2D eigenvalue weighted by Crippen LogP contribution is 2.44. The summed E-state index contributed by atoms with van der Waals surface area (Å²) in [6, 6.07) is 16.3. The molecule has 39 heavy (non-hydrogen) atoms. The first-order valence-corrected chi connectivity index (χ1v) is 14.1. The van der Waals surface area contributed by atoms with Crippen LogP contribution in [0.1, 0.15) is 58.3 Å². The average molecular weight is 567 g/mol. The van der Waals surface area contributed by atoms with Crippen LogP contribution in [0.15, 0.2) is 54.6 Å². The molecular weight excluding hydrogens is 532 g/mol. The minimum Gasteiger partial charge on any atom is -0.490 e. The zero-order valence-corrected chi connectivity index (χ0v) is 24.3. The number of ether oxygens (including phenoxy) is 3. The molecule has 0 spiro atoms. The summed E-state index contributed by atoms with van der Waals surface area (Å²) >= 11 is 6.95. The highest BCUT2D eigenvalue weighted by molar-refractivity contribution is 7.80. The quantitative estimate of drug-likeness (QED) is 0.189. The molecule has 7 nitrogen and oxygen atoms in total. The smallest absolute Gasteiger partial charge is 0.341 e. The second kappa shape index (κ2) is 12.6. The predicted octanol–water partition coefficient (Wildman–Crippen LogP) is 6.27. The molecule has 1 aliphatic carbocycles. The fourth-order valence-electron chi connectivity index (χ4n) is 4.60. The number of hydrogen-bond acceptors (Lipinski definition) is 7. The molecule has 0 saturated carbocycles. The van der Waals surface area contributed by atoms with Gasteiger partial charge >= 0.3 is 5.97 Å². The second-order valence-electron chi connectivity index (χ2n) is 10.5. The molecule has 3 aromatic rings. The number of fused-ring (bicyclic) bond motifs is 1. The maximum Gasteiger partial charge on any atom is 0.341 e. The van der Waals surface area contributed by atoms with E-state index < -0.39 is 5.97 Å². The molecule has 206 valence electrons. The number of para-hydroxylation sites is 1. The molecule has 0 saturated heterocycles. The third kappa shape index (κ3) is 7.36. The summed E-state index contributed by atoms with van der Waals surface area (Å²) in [6.45, 7) is 7.45. The van der Waals surface area contributed by atoms with Crippen LogP contribution >= 0.6 is 23.6 Å². The van der Waals surface area contributed by atoms with E-state index in [1.165, 1.54) is 23.3 Å². The van der Waals surface area contributed by atoms with E-state index in [1.807, 2.05) is 30.3 Å². The summed E-state index contributed by atoms with van der Waals surface area (Å²) in [5.41, 5.74) is 2.10. The molecule has 4 rings (SSSR count). The van der Waals surface area contributed by atoms with Crippen LogP contribution in [0.25, 0.3) is 0 Å². The summed E-state index contributed by atoms with van der Waals surface area (Å²) in [5, 5.41) is 6.50. The minimum absolute atomic E-state index is 0.110. The molecule has 0 fully saturated rings. The first-order valence-electron chi connectivity index (χ1n) is 12.9. The first kappa shape index (κ1) is 28.6. The van der Waals surface area contributed by atoms with E-state index in [0.717, 1.165) is 30.6 Å². The Morgan fingerprint density at radius 3 is 2.41 bits per heavy atom. The standard InChI is InChI=1S/C30H34N2O5S2/c1-30(2,3)20-13-14-23-24(18-20)39-27(25(23)28(34)35-4)32-29(38)31-26(33)19-9-8-12-22(17-19)37-16-15-36-21-10-6-5-7-11-21/h5-12,17,20H,13-16,18H2,1-4H3,(H2,31,32,33,38). The lowest BCUT2D eigenvalue weighted by atomic mass is 9.72. The van der Waals surface area contributed by atoms with Crippen LogP contribution in [0, 0.1) is 11.3 Å². The molecule has 2 N–H and O–H groups in total. The van der Waals surface area contributed by atoms with E-state index in [-0.39, 0.29) is 16.4 Å². The van der Waals surface area contributed by atoms with Crippen molar-refractivity contribution < 1.29 is 23.8 Å². The molecule has 9 heteroatoms. The Kier molecular flexibility index (Phi) is 9.24. The largest absolute Gasteiger partial charge is 0.490 e. The van der Waals surface area contributed by atoms with Crippen LogP contribution < -0.4 is 20.1 Å². The third-order valence-electron chi connectivity index (χ3n) is 6.79. The third-order valence-corrected chi connectivity index (χ3v) is 8.17. The molecular formula is C30H34N2O5S2. The molecule has 0 bridgehead atoms. The van der Waals surface area contributed by atoms with Gasteiger partial charge in [0.1, 0.15) is 29.7 Å². The Morgan fingerprint density at radius 2 is 1.72 bits per heavy atom. The fourth-order valence-corrected chi connectivity index (χ4v) is 6.18. The normalized spacial score (nSPS) is 14.6. The number of nitrogens with one attached hydrogen (secondary N) is 2. The van der Waals surface area contributed by atoms with E-state index >= 15 is 0 Å². The zero-order chi connectivity index (χ0) is 28.0. The lowest BCUT2D eigenvalue weighted by Gasteiger charge is -2.33. The number of carbonyl (C=O) groups excluding carboxylic acids is 2. The van der Waals surface area contributed by atoms with Gasteiger partial charge in [-0.15, -0.1) is 11.3 Å². The summed E-state index contributed by atoms with van der Waals surface area (Å²) < 4.78 is 16.5. The fraction of sp³-hybridized carbons (Fsp3) is 0.367. The van der Waals surface area contributed by atoms with Crippen molar-refractivity contribution in [2.75, 3.05) is 25.6 Å². The van der Waals surface area contributed by atoms with Gasteiger partial charge in [-0.05, 0) is 78.7 Å². The van der Waals surface area contributed by atoms with Crippen LogP contribution in [0.4, 0.5) is 5.00 Å². The Morgan fingerprint density at radius 1 is 1.03 bits per heavy atom. The number of hydrogen-bond donors (Lipinski definition) is 2. The Balaban J connectivity index is 1.37. The molecule has 2 aromatic carbocycles. The topological polar surface area (TPSA) is 85.9 Å². The molecule has 1 atom stereocenters. The molecule has 1 amide bonds. The summed E-state index contributed by atoms with van der Waals surface area (Å²) in [7, 11) is 1.37. The van der Waals surface area contributed by atoms with E-state index in [1.54, 1.807) is 24.3 Å². The SMILES string of the molecule is COC(=O)c1c(NC(=S)NC(=O)c2cccc(OCCOc3ccccc3)c2)sc2c1CCC(C(C)(C)C)C2. The van der Waals surface area contributed by atoms with Crippen molar-refractivity contribution in [2.24, 2.45) is 11.3 Å². The Hall–Kier alpha value is -3.43. The number of thiophene rings is 1. The van der Waals surface area contributed by atoms with Gasteiger partial charge in [0.2, 0.25) is 0 Å². The van der Waals surface area contributed by atoms with Crippen molar-refractivity contribution in [1.82, 2.24) is 5.32 Å². The van der Waals surface area contributed by atoms with E-state index in [9.17, 15) is 9.59 Å². The number of rotatable bonds is 8. The number of anilines is 1. The van der Waals surface area contributed by atoms with Crippen LogP contribution in [0.2, 0.25) is 0 Å². The Bertz CT molecular complexity index is 1330. The van der Waals surface area contributed by atoms with Crippen LogP contribution in [0.3, 0.4) is 0 Å². The lowest BCUT2D eigenvalue weighted by Crippen LogP contribution is -2.34. The monoisotopic (exact) mass is 566 g/mol. The maximum atomic E-state index is 12.9. The van der Waals surface area contributed by atoms with Crippen molar-refractivity contribution in [3.8, 4) is 11.5 Å². The number of benzene rings is 2. The zero-order valence-electron chi connectivity index (χ0n) is 22.7. The van der Waals surface area contributed by atoms with Gasteiger partial charge < -0.3 is 19.5 Å². The van der Waals surface area contributed by atoms with Crippen molar-refractivity contribution >= 4 is 45.5 Å². The molecule has 1 heterocycles. The van der Waals surface area contributed by atoms with Gasteiger partial charge in [-0.1, -0.05) is 45.0 Å². The molecule has 1 aromatic heterocycles. The van der Waals surface area contributed by atoms with Gasteiger partial charge in [-0.2, -0.15) is 0 Å². The highest BCUT2D eigenvalue weighted by atomic mass is 32.1. The van der Waals surface area contributed by atoms with Crippen molar-refractivity contribution in [2.45, 2.75) is 40.0 Å². The number of methoxy groups -OCH3 is 1. The van der Waals surface area contributed by atoms with E-state index in [0.29, 0.717) is 41.0 Å². The number of amides is 1. The van der Waals surface area contributed by atoms with Crippen LogP contribution in [-0.2, 0) is 17.6 Å². The summed E-state index contributed by atoms with van der Waals surface area (Å²) in [6.07, 6.45) is 2.72. The maximum absolute atomic E-state index is 12.9. The van der Waals surface area contributed by atoms with Gasteiger partial charge in [-0.3, -0.25) is 10.1 Å². The van der Waals surface area contributed by atoms with Crippen molar-refractivity contribution in [1.29, 1.82) is 0 Å². The van der Waals surface area contributed by atoms with E-state index in [2.05, 4.69) is 31.4 Å². The molecule has 0 radical (unpaired) electrons. The summed E-state index contributed by atoms with van der Waals surface area (Å²) in [5.74, 6) is 1.05. The number of esters is 1. The van der Waals surface area contributed by atoms with Gasteiger partial charge in [0.15, 0.2) is 5.11 Å². The minimum atomic E-state index is -0.403. The van der Waals surface area contributed by atoms with Crippen molar-refractivity contribution in [3.05, 3.63) is 76.2 Å². The van der Waals surface area contributed by atoms with Gasteiger partial charge in [0, 0.05) is 10.4 Å². The van der Waals surface area contributed by atoms with Gasteiger partial charge in [0.05, 0.1) is 12.7 Å². The predicted molar refractivity (Wildman–Crippen MR) is 158 cm³/mol. The molecule has 1 unspecified atom stereocenters. The van der Waals surface area contributed by atoms with Crippen molar-refractivity contribution in [3.63, 3.8) is 0 Å². The van der Waals surface area contributed by atoms with Gasteiger partial charge in [0.25, 0.3) is 5.91 Å². The van der Waals surface area contributed by atoms with Crippen LogP contribution in [0.5, 0.6) is 11.5 Å². The van der Waals surface area contributed by atoms with Gasteiger partial charge in [-0.25, -0.2) is 4.79 Å². The molecule has 0 aliphatic heterocycles. The number of thiocarbonyl (C=S) groups is 1. The highest BCUT2D eigenvalue weighted by Gasteiger charge is 2.34. The number of carbonyl (C=O) groups is 2.